The predicted molar refractivity (Wildman–Crippen MR) is 75.8 cm³/mol. The summed E-state index contributed by atoms with van der Waals surface area (Å²) in [6.07, 6.45) is 1.60. The summed E-state index contributed by atoms with van der Waals surface area (Å²) in [5.74, 6) is -0.0918. The maximum absolute atomic E-state index is 13.2. The molecule has 1 N–H and O–H groups in total. The molecule has 110 valence electrons. The van der Waals surface area contributed by atoms with E-state index in [0.29, 0.717) is 12.5 Å². The summed E-state index contributed by atoms with van der Waals surface area (Å²) in [6, 6.07) is 6.80. The summed E-state index contributed by atoms with van der Waals surface area (Å²) < 4.78 is 18.6. The molecule has 0 saturated carbocycles. The number of benzene rings is 1. The average molecular weight is 291 g/mol. The largest absolute Gasteiger partial charge is 0.478 e. The zero-order chi connectivity index (χ0) is 15.2. The molecule has 0 atom stereocenters. The van der Waals surface area contributed by atoms with E-state index < -0.39 is 10.7 Å². The second kappa shape index (κ2) is 6.65. The van der Waals surface area contributed by atoms with Gasteiger partial charge in [-0.15, -0.1) is 0 Å². The highest BCUT2D eigenvalue weighted by molar-refractivity contribution is 5.61. The van der Waals surface area contributed by atoms with Gasteiger partial charge in [0.05, 0.1) is 11.5 Å². The summed E-state index contributed by atoms with van der Waals surface area (Å²) in [6.45, 7) is 2.54. The van der Waals surface area contributed by atoms with Crippen LogP contribution in [0.25, 0.3) is 0 Å². The third-order valence-corrected chi connectivity index (χ3v) is 2.76. The molecule has 6 nitrogen and oxygen atoms in total. The summed E-state index contributed by atoms with van der Waals surface area (Å²) in [4.78, 5) is 14.4. The zero-order valence-corrected chi connectivity index (χ0v) is 11.4. The highest BCUT2D eigenvalue weighted by Gasteiger charge is 2.15. The third-order valence-electron chi connectivity index (χ3n) is 2.76. The van der Waals surface area contributed by atoms with Crippen molar-refractivity contribution in [1.82, 2.24) is 4.98 Å². The fraction of sp³-hybridized carbons (Fsp3) is 0.214. The van der Waals surface area contributed by atoms with Gasteiger partial charge in [-0.05, 0) is 19.1 Å². The minimum absolute atomic E-state index is 0.117. The van der Waals surface area contributed by atoms with Crippen molar-refractivity contribution >= 4 is 11.4 Å². The van der Waals surface area contributed by atoms with Crippen LogP contribution in [0, 0.1) is 15.9 Å². The maximum atomic E-state index is 13.2. The first-order valence-corrected chi connectivity index (χ1v) is 6.36. The molecule has 0 spiro atoms. The first-order chi connectivity index (χ1) is 10.1. The molecule has 0 bridgehead atoms. The van der Waals surface area contributed by atoms with Crippen LogP contribution in [0.5, 0.6) is 5.88 Å². The van der Waals surface area contributed by atoms with Crippen LogP contribution in [0.4, 0.5) is 15.8 Å². The number of rotatable bonds is 6. The Kier molecular flexibility index (Phi) is 4.65. The summed E-state index contributed by atoms with van der Waals surface area (Å²) >= 11 is 0. The number of nitrogens with one attached hydrogen (secondary N) is 1. The SMILES string of the molecule is CCOc1ncccc1CNc1cc(F)ccc1[N+](=O)[O-]. The second-order valence-corrected chi connectivity index (χ2v) is 4.17. The van der Waals surface area contributed by atoms with Crippen LogP contribution in [-0.2, 0) is 6.54 Å². The number of aromatic nitrogens is 1. The Morgan fingerprint density at radius 3 is 2.95 bits per heavy atom. The highest BCUT2D eigenvalue weighted by Crippen LogP contribution is 2.26. The van der Waals surface area contributed by atoms with Gasteiger partial charge in [0.2, 0.25) is 5.88 Å². The van der Waals surface area contributed by atoms with Crippen LogP contribution < -0.4 is 10.1 Å². The first kappa shape index (κ1) is 14.7. The molecule has 0 aliphatic heterocycles. The Morgan fingerprint density at radius 1 is 1.43 bits per heavy atom. The molecule has 0 unspecified atom stereocenters. The molecule has 0 aliphatic rings. The molecule has 2 aromatic rings. The Hall–Kier alpha value is -2.70. The van der Waals surface area contributed by atoms with Crippen molar-refractivity contribution in [2.24, 2.45) is 0 Å². The number of nitrogens with zero attached hydrogens (tertiary/aromatic N) is 2. The van der Waals surface area contributed by atoms with Crippen LogP contribution >= 0.6 is 0 Å². The number of hydrogen-bond acceptors (Lipinski definition) is 5. The van der Waals surface area contributed by atoms with E-state index in [1.165, 1.54) is 0 Å². The summed E-state index contributed by atoms with van der Waals surface area (Å²) in [7, 11) is 0. The van der Waals surface area contributed by atoms with Gasteiger partial charge in [-0.1, -0.05) is 6.07 Å². The Bertz CT molecular complexity index is 649. The lowest BCUT2D eigenvalue weighted by Crippen LogP contribution is -2.06. The van der Waals surface area contributed by atoms with Gasteiger partial charge in [-0.25, -0.2) is 9.37 Å². The molecule has 2 rings (SSSR count). The monoisotopic (exact) mass is 291 g/mol. The fourth-order valence-corrected chi connectivity index (χ4v) is 1.82. The van der Waals surface area contributed by atoms with Crippen LogP contribution in [0.2, 0.25) is 0 Å². The topological polar surface area (TPSA) is 77.3 Å². The molecule has 7 heteroatoms. The van der Waals surface area contributed by atoms with Crippen LogP contribution in [-0.4, -0.2) is 16.5 Å². The Morgan fingerprint density at radius 2 is 2.24 bits per heavy atom. The van der Waals surface area contributed by atoms with Gasteiger partial charge < -0.3 is 10.1 Å². The van der Waals surface area contributed by atoms with E-state index in [2.05, 4.69) is 10.3 Å². The first-order valence-electron chi connectivity index (χ1n) is 6.36. The number of hydrogen-bond donors (Lipinski definition) is 1. The lowest BCUT2D eigenvalue weighted by molar-refractivity contribution is -0.384. The van der Waals surface area contributed by atoms with Crippen molar-refractivity contribution in [3.63, 3.8) is 0 Å². The van der Waals surface area contributed by atoms with Gasteiger partial charge in [0, 0.05) is 30.4 Å². The van der Waals surface area contributed by atoms with Crippen molar-refractivity contribution in [1.29, 1.82) is 0 Å². The molecular formula is C14H14FN3O3. The van der Waals surface area contributed by atoms with Gasteiger partial charge in [-0.2, -0.15) is 0 Å². The molecule has 0 aliphatic carbocycles. The normalized spacial score (nSPS) is 10.2. The number of nitro benzene ring substituents is 1. The predicted octanol–water partition coefficient (Wildman–Crippen LogP) is 3.14. The number of pyridine rings is 1. The standard InChI is InChI=1S/C14H14FN3O3/c1-2-21-14-10(4-3-7-16-14)9-17-12-8-11(15)5-6-13(12)18(19)20/h3-8,17H,2,9H2,1H3. The van der Waals surface area contributed by atoms with Crippen molar-refractivity contribution in [3.05, 3.63) is 58.0 Å². The number of halogens is 1. The van der Waals surface area contributed by atoms with Gasteiger partial charge in [-0.3, -0.25) is 10.1 Å². The highest BCUT2D eigenvalue weighted by atomic mass is 19.1. The zero-order valence-electron chi connectivity index (χ0n) is 11.4. The maximum Gasteiger partial charge on any atom is 0.292 e. The van der Waals surface area contributed by atoms with Gasteiger partial charge in [0.1, 0.15) is 11.5 Å². The van der Waals surface area contributed by atoms with Crippen molar-refractivity contribution < 1.29 is 14.1 Å². The number of anilines is 1. The minimum atomic E-state index is -0.561. The summed E-state index contributed by atoms with van der Waals surface area (Å²) in [5, 5.41) is 13.8. The summed E-state index contributed by atoms with van der Waals surface area (Å²) in [5.41, 5.74) is 0.669. The third kappa shape index (κ3) is 3.65. The van der Waals surface area contributed by atoms with Crippen LogP contribution in [0.15, 0.2) is 36.5 Å². The lowest BCUT2D eigenvalue weighted by atomic mass is 10.2. The molecular weight excluding hydrogens is 277 g/mol. The number of nitro groups is 1. The van der Waals surface area contributed by atoms with E-state index in [-0.39, 0.29) is 17.9 Å². The second-order valence-electron chi connectivity index (χ2n) is 4.17. The van der Waals surface area contributed by atoms with E-state index in [1.807, 2.05) is 6.92 Å². The van der Waals surface area contributed by atoms with Crippen LogP contribution in [0.3, 0.4) is 0 Å². The van der Waals surface area contributed by atoms with Gasteiger partial charge in [0.15, 0.2) is 0 Å². The minimum Gasteiger partial charge on any atom is -0.478 e. The molecule has 1 aromatic carbocycles. The van der Waals surface area contributed by atoms with Crippen LogP contribution in [0.1, 0.15) is 12.5 Å². The lowest BCUT2D eigenvalue weighted by Gasteiger charge is -2.10. The Balaban J connectivity index is 2.20. The molecule has 1 aromatic heterocycles. The van der Waals surface area contributed by atoms with Crippen molar-refractivity contribution in [2.45, 2.75) is 13.5 Å². The average Bonchev–Trinajstić information content (AvgIpc) is 2.46. The molecule has 0 fully saturated rings. The smallest absolute Gasteiger partial charge is 0.292 e. The molecule has 21 heavy (non-hydrogen) atoms. The molecule has 0 radical (unpaired) electrons. The molecule has 1 heterocycles. The molecule has 0 saturated heterocycles. The van der Waals surface area contributed by atoms with Gasteiger partial charge >= 0.3 is 0 Å². The van der Waals surface area contributed by atoms with Crippen molar-refractivity contribution in [2.75, 3.05) is 11.9 Å². The molecule has 0 amide bonds. The quantitative estimate of drug-likeness (QED) is 0.653. The Labute approximate surface area is 120 Å². The van der Waals surface area contributed by atoms with Gasteiger partial charge in [0.25, 0.3) is 5.69 Å². The number of ether oxygens (including phenoxy) is 1. The van der Waals surface area contributed by atoms with E-state index in [4.69, 9.17) is 4.74 Å². The van der Waals surface area contributed by atoms with E-state index >= 15 is 0 Å². The van der Waals surface area contributed by atoms with E-state index in [1.54, 1.807) is 18.3 Å². The fourth-order valence-electron chi connectivity index (χ4n) is 1.82. The van der Waals surface area contributed by atoms with E-state index in [0.717, 1.165) is 23.8 Å². The van der Waals surface area contributed by atoms with E-state index in [9.17, 15) is 14.5 Å². The van der Waals surface area contributed by atoms with Crippen molar-refractivity contribution in [3.8, 4) is 5.88 Å².